The van der Waals surface area contributed by atoms with Gasteiger partial charge in [0.25, 0.3) is 15.9 Å². The maximum Gasteiger partial charge on any atom is 0.365 e. The van der Waals surface area contributed by atoms with Crippen LogP contribution in [0, 0.1) is 17.3 Å². The van der Waals surface area contributed by atoms with Crippen LogP contribution in [-0.4, -0.2) is 59.0 Å². The minimum absolute atomic E-state index is 0. The molecule has 3 aromatic carbocycles. The Kier molecular flexibility index (Phi) is 17.0. The van der Waals surface area contributed by atoms with Gasteiger partial charge in [-0.15, -0.1) is 0 Å². The van der Waals surface area contributed by atoms with Crippen molar-refractivity contribution in [1.82, 2.24) is 0 Å². The molecule has 0 aliphatic carbocycles. The summed E-state index contributed by atoms with van der Waals surface area (Å²) in [5.41, 5.74) is 8.01. The molecule has 0 aromatic heterocycles. The van der Waals surface area contributed by atoms with Gasteiger partial charge in [-0.2, -0.15) is 0 Å². The molecule has 0 radical (unpaired) electrons. The van der Waals surface area contributed by atoms with E-state index in [1.54, 1.807) is 32.0 Å². The van der Waals surface area contributed by atoms with Gasteiger partial charge in [-0.25, -0.2) is 18.1 Å². The highest BCUT2D eigenvalue weighted by Gasteiger charge is 2.41. The molecule has 268 valence electrons. The summed E-state index contributed by atoms with van der Waals surface area (Å²) in [5.74, 6) is -1.83. The largest absolute Gasteiger partial charge is 1.00 e. The number of nitrogens with one attached hydrogen (secondary N) is 2. The van der Waals surface area contributed by atoms with E-state index in [0.717, 1.165) is 20.9 Å². The molecule has 3 rings (SSSR count). The third kappa shape index (κ3) is 10.3. The number of sulfonamides is 1. The first kappa shape index (κ1) is 45.0. The normalized spacial score (nSPS) is 12.8. The summed E-state index contributed by atoms with van der Waals surface area (Å²) in [5, 5.41) is 1.43. The van der Waals surface area contributed by atoms with Crippen molar-refractivity contribution in [3.8, 4) is 0 Å². The van der Waals surface area contributed by atoms with Crippen LogP contribution in [0.2, 0.25) is 0 Å². The summed E-state index contributed by atoms with van der Waals surface area (Å²) in [6.07, 6.45) is 0. The van der Waals surface area contributed by atoms with Gasteiger partial charge in [0, 0.05) is 28.3 Å². The molecule has 0 aliphatic rings. The zero-order valence-corrected chi connectivity index (χ0v) is 31.7. The van der Waals surface area contributed by atoms with Crippen molar-refractivity contribution in [3.63, 3.8) is 0 Å². The zero-order valence-electron chi connectivity index (χ0n) is 28.6. The highest BCUT2D eigenvalue weighted by molar-refractivity contribution is 7.93. The number of hydrogen-bond acceptors (Lipinski definition) is 6. The number of hydrogen-bond donors (Lipinski definition) is 4. The van der Waals surface area contributed by atoms with Crippen LogP contribution in [0.15, 0.2) is 65.6 Å². The van der Waals surface area contributed by atoms with Gasteiger partial charge in [-0.1, -0.05) is 45.9 Å². The molecule has 0 heterocycles. The third-order valence-electron chi connectivity index (χ3n) is 7.90. The standard InChI is InChI=1S/C33H45N5O6S.3ClH/c1-20(2)28(34)30(39)38(32(41)33(5,6)19-44-31(40)29(35)21(3)4)23-17-15-22(16-18-23)36-45(42,43)27-14-10-11-24-25(27)12-9-13-26(24)37(7)8;;;/h9-18,20-21,28-29,36H,19,34-35H2,1-8H3;3*1H/t28-,29-;;;/m0.../s1. The molecule has 11 nitrogen and oxygen atoms in total. The second kappa shape index (κ2) is 18.1. The van der Waals surface area contributed by atoms with Gasteiger partial charge >= 0.3 is 5.97 Å². The minimum Gasteiger partial charge on any atom is -1.00 e. The number of rotatable bonds is 12. The molecule has 0 saturated carbocycles. The monoisotopic (exact) mass is 747 g/mol. The number of ether oxygens (including phenoxy) is 1. The number of anilines is 2. The van der Waals surface area contributed by atoms with Crippen LogP contribution in [-0.2, 0) is 29.1 Å². The number of imide groups is 1. The Labute approximate surface area is 302 Å². The average molecular weight is 749 g/mol. The predicted molar refractivity (Wildman–Crippen MR) is 174 cm³/mol. The molecule has 2 atom stereocenters. The zero-order chi connectivity index (χ0) is 33.9. The maximum absolute atomic E-state index is 13.9. The Morgan fingerprint density at radius 1 is 0.833 bits per heavy atom. The Bertz CT molecular complexity index is 1670. The number of fused-ring (bicyclic) bond motifs is 1. The lowest BCUT2D eigenvalue weighted by Crippen LogP contribution is -3.00. The van der Waals surface area contributed by atoms with Crippen molar-refractivity contribution in [2.45, 2.75) is 58.5 Å². The van der Waals surface area contributed by atoms with E-state index >= 15 is 0 Å². The SMILES string of the molecule is CC(C)[C@H]([NH3+])C(=O)OCC(C)(C)C(=O)N(C(=O)[C@@H]([NH3+])C(C)C)c1ccc(NS(=O)(=O)c2cccc3c([NH+](C)C)cccc23)cc1.[Cl-].[Cl-].[Cl-]. The second-order valence-electron chi connectivity index (χ2n) is 13.0. The summed E-state index contributed by atoms with van der Waals surface area (Å²) in [6, 6.07) is 15.4. The molecule has 0 unspecified atom stereocenters. The lowest BCUT2D eigenvalue weighted by Gasteiger charge is -2.32. The molecule has 0 bridgehead atoms. The molecular formula is C33H48Cl3N5O6S. The van der Waals surface area contributed by atoms with Gasteiger partial charge in [0.2, 0.25) is 5.91 Å². The van der Waals surface area contributed by atoms with Gasteiger partial charge < -0.3 is 58.3 Å². The van der Waals surface area contributed by atoms with Crippen LogP contribution < -0.4 is 63.2 Å². The van der Waals surface area contributed by atoms with Crippen molar-refractivity contribution in [1.29, 1.82) is 0 Å². The van der Waals surface area contributed by atoms with E-state index in [1.807, 2.05) is 60.0 Å². The van der Waals surface area contributed by atoms with Crippen molar-refractivity contribution < 1.29 is 81.1 Å². The summed E-state index contributed by atoms with van der Waals surface area (Å²) < 4.78 is 35.2. The lowest BCUT2D eigenvalue weighted by atomic mass is 9.91. The number of benzene rings is 3. The van der Waals surface area contributed by atoms with Crippen molar-refractivity contribution in [2.24, 2.45) is 17.3 Å². The Morgan fingerprint density at radius 3 is 1.88 bits per heavy atom. The van der Waals surface area contributed by atoms with E-state index in [2.05, 4.69) is 16.2 Å². The molecule has 8 N–H and O–H groups in total. The Hall–Kier alpha value is -2.97. The molecule has 0 spiro atoms. The Morgan fingerprint density at radius 2 is 1.35 bits per heavy atom. The molecular weight excluding hydrogens is 701 g/mol. The van der Waals surface area contributed by atoms with Gasteiger partial charge in [0.1, 0.15) is 12.3 Å². The topological polar surface area (TPSA) is 170 Å². The molecule has 0 saturated heterocycles. The fourth-order valence-corrected chi connectivity index (χ4v) is 5.91. The fraction of sp³-hybridized carbons (Fsp3) is 0.424. The number of halogens is 3. The number of nitrogens with zero attached hydrogens (tertiary/aromatic N) is 1. The van der Waals surface area contributed by atoms with E-state index in [4.69, 9.17) is 4.74 Å². The summed E-state index contributed by atoms with van der Waals surface area (Å²) in [4.78, 5) is 42.2. The summed E-state index contributed by atoms with van der Waals surface area (Å²) in [6.45, 7) is 10.3. The molecule has 15 heteroatoms. The first-order valence-electron chi connectivity index (χ1n) is 15.1. The minimum atomic E-state index is -4.00. The molecule has 2 amide bonds. The van der Waals surface area contributed by atoms with Crippen LogP contribution in [0.4, 0.5) is 17.1 Å². The van der Waals surface area contributed by atoms with Crippen LogP contribution in [0.1, 0.15) is 41.5 Å². The molecule has 3 aromatic rings. The van der Waals surface area contributed by atoms with Gasteiger partial charge in [0.05, 0.1) is 30.1 Å². The highest BCUT2D eigenvalue weighted by Crippen LogP contribution is 2.30. The van der Waals surface area contributed by atoms with E-state index in [0.29, 0.717) is 5.39 Å². The van der Waals surface area contributed by atoms with Gasteiger partial charge in [0.15, 0.2) is 12.1 Å². The molecule has 0 fully saturated rings. The predicted octanol–water partition coefficient (Wildman–Crippen LogP) is -7.61. The average Bonchev–Trinajstić information content (AvgIpc) is 2.98. The fourth-order valence-electron chi connectivity index (χ4n) is 4.63. The van der Waals surface area contributed by atoms with E-state index in [9.17, 15) is 22.8 Å². The smallest absolute Gasteiger partial charge is 0.365 e. The first-order valence-corrected chi connectivity index (χ1v) is 16.5. The molecule has 48 heavy (non-hydrogen) atoms. The van der Waals surface area contributed by atoms with E-state index in [1.165, 1.54) is 24.3 Å². The number of esters is 1. The van der Waals surface area contributed by atoms with E-state index < -0.39 is 45.3 Å². The maximum atomic E-state index is 13.9. The summed E-state index contributed by atoms with van der Waals surface area (Å²) in [7, 11) is -0.0409. The van der Waals surface area contributed by atoms with Crippen LogP contribution in [0.25, 0.3) is 10.8 Å². The van der Waals surface area contributed by atoms with Gasteiger partial charge in [-0.3, -0.25) is 14.3 Å². The summed E-state index contributed by atoms with van der Waals surface area (Å²) >= 11 is 0. The highest BCUT2D eigenvalue weighted by atomic mass is 35.5. The number of amides is 2. The molecule has 0 aliphatic heterocycles. The quantitative estimate of drug-likeness (QED) is 0.134. The number of carbonyl (C=O) groups excluding carboxylic acids is 3. The van der Waals surface area contributed by atoms with Crippen molar-refractivity contribution >= 4 is 55.6 Å². The number of quaternary nitrogens is 3. The van der Waals surface area contributed by atoms with Crippen LogP contribution in [0.5, 0.6) is 0 Å². The van der Waals surface area contributed by atoms with Crippen LogP contribution in [0.3, 0.4) is 0 Å². The van der Waals surface area contributed by atoms with E-state index in [-0.39, 0.29) is 71.9 Å². The second-order valence-corrected chi connectivity index (χ2v) is 14.6. The first-order chi connectivity index (χ1) is 20.9. The van der Waals surface area contributed by atoms with Gasteiger partial charge in [-0.05, 0) is 56.3 Å². The van der Waals surface area contributed by atoms with Crippen molar-refractivity contribution in [2.75, 3.05) is 30.3 Å². The van der Waals surface area contributed by atoms with Crippen LogP contribution >= 0.6 is 0 Å². The third-order valence-corrected chi connectivity index (χ3v) is 9.33. The van der Waals surface area contributed by atoms with Crippen molar-refractivity contribution in [3.05, 3.63) is 60.7 Å². The number of carbonyl (C=O) groups is 3. The lowest BCUT2D eigenvalue weighted by molar-refractivity contribution is -0.785. The Balaban J connectivity index is 0.00000736.